The van der Waals surface area contributed by atoms with Gasteiger partial charge in [-0.05, 0) is 36.6 Å². The number of non-ortho nitro benzene ring substituents is 1. The van der Waals surface area contributed by atoms with Crippen LogP contribution in [0.15, 0.2) is 59.8 Å². The predicted octanol–water partition coefficient (Wildman–Crippen LogP) is 6.71. The molecular formula is C23H19Cl2N3O5S. The van der Waals surface area contributed by atoms with Crippen molar-refractivity contribution in [2.24, 2.45) is 0 Å². The van der Waals surface area contributed by atoms with Gasteiger partial charge in [-0.1, -0.05) is 54.7 Å². The highest BCUT2D eigenvalue weighted by molar-refractivity contribution is 7.90. The van der Waals surface area contributed by atoms with Crippen LogP contribution in [0.1, 0.15) is 30.9 Å². The van der Waals surface area contributed by atoms with Crippen molar-refractivity contribution in [3.8, 4) is 11.5 Å². The third-order valence-electron chi connectivity index (χ3n) is 5.23. The summed E-state index contributed by atoms with van der Waals surface area (Å²) in [7, 11) is -3.89. The van der Waals surface area contributed by atoms with Gasteiger partial charge in [0.05, 0.1) is 26.1 Å². The van der Waals surface area contributed by atoms with Gasteiger partial charge in [0.15, 0.2) is 11.4 Å². The molecule has 0 N–H and O–H groups in total. The van der Waals surface area contributed by atoms with Crippen LogP contribution < -0.4 is 4.74 Å². The van der Waals surface area contributed by atoms with E-state index in [9.17, 15) is 18.5 Å². The molecule has 0 aliphatic carbocycles. The zero-order chi connectivity index (χ0) is 24.8. The molecule has 0 fully saturated rings. The number of nitro groups is 1. The van der Waals surface area contributed by atoms with Crippen LogP contribution in [0.4, 0.5) is 5.69 Å². The lowest BCUT2D eigenvalue weighted by atomic mass is 10.0. The van der Waals surface area contributed by atoms with Crippen LogP contribution in [-0.4, -0.2) is 22.3 Å². The summed E-state index contributed by atoms with van der Waals surface area (Å²) >= 11 is 12.3. The molecule has 4 rings (SSSR count). The largest absolute Gasteiger partial charge is 0.453 e. The number of rotatable bonds is 6. The molecule has 0 spiro atoms. The summed E-state index contributed by atoms with van der Waals surface area (Å²) < 4.78 is 33.7. The minimum atomic E-state index is -3.89. The predicted molar refractivity (Wildman–Crippen MR) is 131 cm³/mol. The SMILES string of the molecule is Cc1ccc(S(=O)(=O)n2cc(C(C)C)c3cc(Oc4c(Cl)cc([N+](=O)[O-])cc4Cl)cnc32)cc1. The average Bonchev–Trinajstić information content (AvgIpc) is 3.16. The Hall–Kier alpha value is -3.14. The lowest BCUT2D eigenvalue weighted by Gasteiger charge is -2.10. The number of nitro benzene ring substituents is 1. The molecule has 34 heavy (non-hydrogen) atoms. The van der Waals surface area contributed by atoms with Crippen molar-refractivity contribution in [2.75, 3.05) is 0 Å². The average molecular weight is 520 g/mol. The lowest BCUT2D eigenvalue weighted by Crippen LogP contribution is -2.12. The molecule has 2 aromatic carbocycles. The summed E-state index contributed by atoms with van der Waals surface area (Å²) in [5, 5.41) is 11.5. The summed E-state index contributed by atoms with van der Waals surface area (Å²) in [5.74, 6) is 0.269. The maximum atomic E-state index is 13.3. The molecule has 2 heterocycles. The summed E-state index contributed by atoms with van der Waals surface area (Å²) in [4.78, 5) is 14.9. The minimum absolute atomic E-state index is 0.0134. The van der Waals surface area contributed by atoms with Crippen LogP contribution in [0.2, 0.25) is 10.0 Å². The van der Waals surface area contributed by atoms with E-state index in [4.69, 9.17) is 27.9 Å². The number of benzene rings is 2. The third kappa shape index (κ3) is 4.34. The number of halogens is 2. The third-order valence-corrected chi connectivity index (χ3v) is 7.46. The fourth-order valence-corrected chi connectivity index (χ4v) is 5.36. The van der Waals surface area contributed by atoms with E-state index < -0.39 is 14.9 Å². The Labute approximate surface area is 205 Å². The second kappa shape index (κ2) is 8.90. The van der Waals surface area contributed by atoms with E-state index in [1.807, 2.05) is 20.8 Å². The number of aromatic nitrogens is 2. The van der Waals surface area contributed by atoms with Crippen molar-refractivity contribution in [1.82, 2.24) is 8.96 Å². The van der Waals surface area contributed by atoms with Crippen molar-refractivity contribution >= 4 is 49.9 Å². The number of pyridine rings is 1. The number of aryl methyl sites for hydroxylation is 1. The topological polar surface area (TPSA) is 104 Å². The molecule has 0 saturated carbocycles. The van der Waals surface area contributed by atoms with E-state index in [1.165, 1.54) is 6.20 Å². The Morgan fingerprint density at radius 3 is 2.26 bits per heavy atom. The van der Waals surface area contributed by atoms with E-state index in [-0.39, 0.29) is 43.7 Å². The first-order valence-electron chi connectivity index (χ1n) is 10.1. The molecule has 0 aliphatic heterocycles. The van der Waals surface area contributed by atoms with Crippen LogP contribution in [0.25, 0.3) is 11.0 Å². The maximum Gasteiger partial charge on any atom is 0.272 e. The normalized spacial score (nSPS) is 11.8. The van der Waals surface area contributed by atoms with Gasteiger partial charge in [-0.2, -0.15) is 0 Å². The standard InChI is InChI=1S/C23H19Cl2N3O5S/c1-13(2)19-12-27(34(31,32)17-6-4-14(3)5-7-17)23-18(19)10-16(11-26-23)33-22-20(24)8-15(28(29)30)9-21(22)25/h4-13H,1-3H3. The second-order valence-electron chi connectivity index (χ2n) is 7.99. The maximum absolute atomic E-state index is 13.3. The zero-order valence-corrected chi connectivity index (χ0v) is 20.6. The second-order valence-corrected chi connectivity index (χ2v) is 10.6. The van der Waals surface area contributed by atoms with Crippen molar-refractivity contribution in [2.45, 2.75) is 31.6 Å². The first kappa shape index (κ1) is 24.0. The van der Waals surface area contributed by atoms with Crippen LogP contribution >= 0.6 is 23.2 Å². The smallest absolute Gasteiger partial charge is 0.272 e. The quantitative estimate of drug-likeness (QED) is 0.207. The van der Waals surface area contributed by atoms with Gasteiger partial charge >= 0.3 is 0 Å². The molecular weight excluding hydrogens is 501 g/mol. The number of nitrogens with zero attached hydrogens (tertiary/aromatic N) is 3. The van der Waals surface area contributed by atoms with Gasteiger partial charge in [0.1, 0.15) is 5.75 Å². The summed E-state index contributed by atoms with van der Waals surface area (Å²) in [5.41, 5.74) is 1.68. The van der Waals surface area contributed by atoms with Gasteiger partial charge < -0.3 is 4.74 Å². The van der Waals surface area contributed by atoms with E-state index in [2.05, 4.69) is 4.98 Å². The molecule has 0 atom stereocenters. The van der Waals surface area contributed by atoms with E-state index >= 15 is 0 Å². The van der Waals surface area contributed by atoms with Gasteiger partial charge in [0.2, 0.25) is 0 Å². The first-order valence-corrected chi connectivity index (χ1v) is 12.3. The lowest BCUT2D eigenvalue weighted by molar-refractivity contribution is -0.384. The van der Waals surface area contributed by atoms with Crippen LogP contribution in [0.3, 0.4) is 0 Å². The van der Waals surface area contributed by atoms with Crippen LogP contribution in [-0.2, 0) is 10.0 Å². The molecule has 0 radical (unpaired) electrons. The van der Waals surface area contributed by atoms with Crippen molar-refractivity contribution in [3.05, 3.63) is 86.1 Å². The Kier molecular flexibility index (Phi) is 6.28. The number of fused-ring (bicyclic) bond motifs is 1. The Bertz CT molecular complexity index is 1510. The number of hydrogen-bond donors (Lipinski definition) is 0. The minimum Gasteiger partial charge on any atom is -0.453 e. The molecule has 2 aromatic heterocycles. The van der Waals surface area contributed by atoms with Gasteiger partial charge in [-0.3, -0.25) is 10.1 Å². The first-order chi connectivity index (χ1) is 16.0. The van der Waals surface area contributed by atoms with Crippen molar-refractivity contribution in [1.29, 1.82) is 0 Å². The molecule has 8 nitrogen and oxygen atoms in total. The zero-order valence-electron chi connectivity index (χ0n) is 18.3. The highest BCUT2D eigenvalue weighted by atomic mass is 35.5. The number of hydrogen-bond acceptors (Lipinski definition) is 6. The van der Waals surface area contributed by atoms with Crippen molar-refractivity contribution < 1.29 is 18.1 Å². The van der Waals surface area contributed by atoms with E-state index in [0.29, 0.717) is 5.39 Å². The van der Waals surface area contributed by atoms with E-state index in [0.717, 1.165) is 27.2 Å². The highest BCUT2D eigenvalue weighted by Crippen LogP contribution is 2.40. The summed E-state index contributed by atoms with van der Waals surface area (Å²) in [6.07, 6.45) is 2.91. The van der Waals surface area contributed by atoms with Gasteiger partial charge in [-0.15, -0.1) is 0 Å². The number of ether oxygens (including phenoxy) is 1. The summed E-state index contributed by atoms with van der Waals surface area (Å²) in [6.45, 7) is 5.76. The molecule has 4 aromatic rings. The van der Waals surface area contributed by atoms with Crippen molar-refractivity contribution in [3.63, 3.8) is 0 Å². The summed E-state index contributed by atoms with van der Waals surface area (Å²) in [6, 6.07) is 10.5. The monoisotopic (exact) mass is 519 g/mol. The van der Waals surface area contributed by atoms with E-state index in [1.54, 1.807) is 36.5 Å². The van der Waals surface area contributed by atoms with Gasteiger partial charge in [-0.25, -0.2) is 17.4 Å². The Morgan fingerprint density at radius 1 is 1.09 bits per heavy atom. The molecule has 0 aliphatic rings. The fraction of sp³-hybridized carbons (Fsp3) is 0.174. The van der Waals surface area contributed by atoms with Gasteiger partial charge in [0.25, 0.3) is 15.7 Å². The Morgan fingerprint density at radius 2 is 1.71 bits per heavy atom. The fourth-order valence-electron chi connectivity index (χ4n) is 3.47. The van der Waals surface area contributed by atoms with Gasteiger partial charge in [0, 0.05) is 23.7 Å². The Balaban J connectivity index is 1.82. The highest BCUT2D eigenvalue weighted by Gasteiger charge is 2.24. The van der Waals surface area contributed by atoms with Crippen LogP contribution in [0, 0.1) is 17.0 Å². The molecule has 11 heteroatoms. The molecule has 176 valence electrons. The molecule has 0 unspecified atom stereocenters. The molecule has 0 amide bonds. The molecule has 0 saturated heterocycles. The molecule has 0 bridgehead atoms. The van der Waals surface area contributed by atoms with Crippen LogP contribution in [0.5, 0.6) is 11.5 Å².